The van der Waals surface area contributed by atoms with Gasteiger partial charge in [0.15, 0.2) is 5.17 Å². The second-order valence-corrected chi connectivity index (χ2v) is 6.23. The van der Waals surface area contributed by atoms with Gasteiger partial charge in [-0.15, -0.1) is 5.10 Å². The van der Waals surface area contributed by atoms with E-state index in [0.717, 1.165) is 17.3 Å². The Labute approximate surface area is 142 Å². The highest BCUT2D eigenvalue weighted by Gasteiger charge is 2.32. The molecular formula is C15H16N4O4S. The zero-order chi connectivity index (χ0) is 17.7. The number of amidine groups is 1. The average Bonchev–Trinajstić information content (AvgIpc) is 2.84. The summed E-state index contributed by atoms with van der Waals surface area (Å²) in [5.41, 5.74) is 2.11. The molecule has 0 radical (unpaired) electrons. The minimum absolute atomic E-state index is 0.149. The van der Waals surface area contributed by atoms with E-state index in [1.165, 1.54) is 6.92 Å². The fourth-order valence-electron chi connectivity index (χ4n) is 1.92. The first-order valence-corrected chi connectivity index (χ1v) is 7.92. The third kappa shape index (κ3) is 4.92. The number of carbonyl (C=O) groups is 3. The third-order valence-corrected chi connectivity index (χ3v) is 4.12. The van der Waals surface area contributed by atoms with Crippen molar-refractivity contribution in [1.82, 2.24) is 5.32 Å². The first-order chi connectivity index (χ1) is 11.3. The van der Waals surface area contributed by atoms with Crippen LogP contribution in [0.25, 0.3) is 0 Å². The van der Waals surface area contributed by atoms with Gasteiger partial charge in [0.25, 0.3) is 0 Å². The van der Waals surface area contributed by atoms with Gasteiger partial charge in [-0.3, -0.25) is 14.4 Å². The quantitative estimate of drug-likeness (QED) is 0.549. The second kappa shape index (κ2) is 7.73. The molecule has 24 heavy (non-hydrogen) atoms. The lowest BCUT2D eigenvalue weighted by Gasteiger charge is -2.03. The van der Waals surface area contributed by atoms with Crippen LogP contribution in [0.5, 0.6) is 0 Å². The number of thioether (sulfide) groups is 1. The van der Waals surface area contributed by atoms with Crippen LogP contribution in [0.1, 0.15) is 25.8 Å². The van der Waals surface area contributed by atoms with Crippen LogP contribution < -0.4 is 10.6 Å². The SMILES string of the molecule is CC(=O)Nc1ccc(/C(C)=N\N=C2/NC(=O)[C@H](CC(=O)O)S2)cc1. The van der Waals surface area contributed by atoms with E-state index in [9.17, 15) is 14.4 Å². The van der Waals surface area contributed by atoms with E-state index in [1.54, 1.807) is 31.2 Å². The molecule has 0 spiro atoms. The standard InChI is InChI=1S/C15H16N4O4S/c1-8(10-3-5-11(6-4-10)16-9(2)20)18-19-15-17-14(23)12(24-15)7-13(21)22/h3-6,12H,7H2,1-2H3,(H,16,20)(H,21,22)(H,17,19,23)/b18-8-/t12-/m0/s1. The van der Waals surface area contributed by atoms with Crippen LogP contribution in [0.4, 0.5) is 5.69 Å². The summed E-state index contributed by atoms with van der Waals surface area (Å²) < 4.78 is 0. The van der Waals surface area contributed by atoms with Gasteiger partial charge < -0.3 is 15.7 Å². The number of amides is 2. The van der Waals surface area contributed by atoms with Crippen molar-refractivity contribution in [3.63, 3.8) is 0 Å². The van der Waals surface area contributed by atoms with Crippen LogP contribution in [0.15, 0.2) is 34.5 Å². The molecule has 2 rings (SSSR count). The molecule has 1 saturated heterocycles. The average molecular weight is 348 g/mol. The summed E-state index contributed by atoms with van der Waals surface area (Å²) in [7, 11) is 0. The second-order valence-electron chi connectivity index (χ2n) is 5.04. The molecule has 0 bridgehead atoms. The molecule has 2 amide bonds. The molecule has 0 unspecified atom stereocenters. The number of nitrogens with one attached hydrogen (secondary N) is 2. The minimum Gasteiger partial charge on any atom is -0.481 e. The molecule has 1 aromatic rings. The summed E-state index contributed by atoms with van der Waals surface area (Å²) in [6.45, 7) is 3.19. The van der Waals surface area contributed by atoms with Crippen LogP contribution in [0, 0.1) is 0 Å². The maximum atomic E-state index is 11.6. The first kappa shape index (κ1) is 17.7. The van der Waals surface area contributed by atoms with Gasteiger partial charge in [-0.05, 0) is 24.6 Å². The maximum absolute atomic E-state index is 11.6. The number of benzene rings is 1. The van der Waals surface area contributed by atoms with Crippen LogP contribution >= 0.6 is 11.8 Å². The Kier molecular flexibility index (Phi) is 5.69. The van der Waals surface area contributed by atoms with Crippen molar-refractivity contribution in [2.45, 2.75) is 25.5 Å². The number of carboxylic acids is 1. The summed E-state index contributed by atoms with van der Waals surface area (Å²) in [6, 6.07) is 7.07. The highest BCUT2D eigenvalue weighted by Crippen LogP contribution is 2.22. The number of nitrogens with zero attached hydrogens (tertiary/aromatic N) is 2. The fraction of sp³-hybridized carbons (Fsp3) is 0.267. The lowest BCUT2D eigenvalue weighted by atomic mass is 10.1. The fourth-order valence-corrected chi connectivity index (χ4v) is 2.83. The third-order valence-electron chi connectivity index (χ3n) is 3.05. The smallest absolute Gasteiger partial charge is 0.305 e. The molecule has 0 aromatic heterocycles. The topological polar surface area (TPSA) is 120 Å². The molecule has 1 aliphatic heterocycles. The highest BCUT2D eigenvalue weighted by molar-refractivity contribution is 8.15. The molecule has 1 fully saturated rings. The summed E-state index contributed by atoms with van der Waals surface area (Å²) in [5, 5.41) is 21.5. The molecule has 0 saturated carbocycles. The normalized spacial score (nSPS) is 19.2. The van der Waals surface area contributed by atoms with E-state index in [4.69, 9.17) is 5.11 Å². The van der Waals surface area contributed by atoms with Gasteiger partial charge in [-0.25, -0.2) is 0 Å². The van der Waals surface area contributed by atoms with Gasteiger partial charge in [0.05, 0.1) is 12.1 Å². The number of aliphatic carboxylic acids is 1. The Morgan fingerprint density at radius 2 is 1.96 bits per heavy atom. The molecule has 126 valence electrons. The molecular weight excluding hydrogens is 332 g/mol. The number of rotatable bonds is 5. The monoisotopic (exact) mass is 348 g/mol. The number of hydrogen-bond donors (Lipinski definition) is 3. The van der Waals surface area contributed by atoms with Gasteiger partial charge in [0.2, 0.25) is 11.8 Å². The Morgan fingerprint density at radius 1 is 1.29 bits per heavy atom. The van der Waals surface area contributed by atoms with Crippen molar-refractivity contribution >= 4 is 46.1 Å². The Balaban J connectivity index is 2.04. The van der Waals surface area contributed by atoms with Crippen LogP contribution in [0.3, 0.4) is 0 Å². The minimum atomic E-state index is -1.04. The van der Waals surface area contributed by atoms with Gasteiger partial charge >= 0.3 is 5.97 Å². The summed E-state index contributed by atoms with van der Waals surface area (Å²) in [4.78, 5) is 33.2. The highest BCUT2D eigenvalue weighted by atomic mass is 32.2. The van der Waals surface area contributed by atoms with Gasteiger partial charge in [-0.1, -0.05) is 23.9 Å². The van der Waals surface area contributed by atoms with E-state index in [1.807, 2.05) is 0 Å². The maximum Gasteiger partial charge on any atom is 0.305 e. The predicted molar refractivity (Wildman–Crippen MR) is 92.2 cm³/mol. The van der Waals surface area contributed by atoms with E-state index < -0.39 is 11.2 Å². The van der Waals surface area contributed by atoms with E-state index >= 15 is 0 Å². The van der Waals surface area contributed by atoms with Crippen LogP contribution in [-0.4, -0.2) is 39.0 Å². The van der Waals surface area contributed by atoms with Gasteiger partial charge in [-0.2, -0.15) is 5.10 Å². The number of carbonyl (C=O) groups excluding carboxylic acids is 2. The number of hydrogen-bond acceptors (Lipinski definition) is 6. The molecule has 1 aliphatic rings. The van der Waals surface area contributed by atoms with Crippen molar-refractivity contribution in [1.29, 1.82) is 0 Å². The van der Waals surface area contributed by atoms with Crippen molar-refractivity contribution in [3.8, 4) is 0 Å². The Hall–Kier alpha value is -2.68. The van der Waals surface area contributed by atoms with E-state index in [-0.39, 0.29) is 23.4 Å². The zero-order valence-corrected chi connectivity index (χ0v) is 13.9. The predicted octanol–water partition coefficient (Wildman–Crippen LogP) is 1.43. The van der Waals surface area contributed by atoms with Crippen molar-refractivity contribution in [2.75, 3.05) is 5.32 Å². The van der Waals surface area contributed by atoms with Crippen LogP contribution in [-0.2, 0) is 14.4 Å². The summed E-state index contributed by atoms with van der Waals surface area (Å²) in [5.74, 6) is -1.57. The molecule has 3 N–H and O–H groups in total. The number of anilines is 1. The van der Waals surface area contributed by atoms with Crippen molar-refractivity contribution in [3.05, 3.63) is 29.8 Å². The molecule has 1 heterocycles. The molecule has 1 atom stereocenters. The van der Waals surface area contributed by atoms with Gasteiger partial charge in [0, 0.05) is 12.6 Å². The molecule has 0 aliphatic carbocycles. The Morgan fingerprint density at radius 3 is 2.54 bits per heavy atom. The first-order valence-electron chi connectivity index (χ1n) is 7.04. The van der Waals surface area contributed by atoms with Crippen LogP contribution in [0.2, 0.25) is 0 Å². The van der Waals surface area contributed by atoms with E-state index in [2.05, 4.69) is 20.8 Å². The van der Waals surface area contributed by atoms with Crippen molar-refractivity contribution in [2.24, 2.45) is 10.2 Å². The largest absolute Gasteiger partial charge is 0.481 e. The molecule has 9 heteroatoms. The Bertz CT molecular complexity index is 727. The summed E-state index contributed by atoms with van der Waals surface area (Å²) in [6.07, 6.45) is -0.261. The molecule has 1 aromatic carbocycles. The zero-order valence-electron chi connectivity index (χ0n) is 13.1. The lowest BCUT2D eigenvalue weighted by Crippen LogP contribution is -2.26. The molecule has 8 nitrogen and oxygen atoms in total. The van der Waals surface area contributed by atoms with Crippen molar-refractivity contribution < 1.29 is 19.5 Å². The van der Waals surface area contributed by atoms with Gasteiger partial charge in [0.1, 0.15) is 5.25 Å². The number of carboxylic acid groups (broad SMARTS) is 1. The summed E-state index contributed by atoms with van der Waals surface area (Å²) >= 11 is 1.05. The lowest BCUT2D eigenvalue weighted by molar-refractivity contribution is -0.138. The van der Waals surface area contributed by atoms with E-state index in [0.29, 0.717) is 11.4 Å².